The maximum Gasteiger partial charge on any atom is 0.407 e. The summed E-state index contributed by atoms with van der Waals surface area (Å²) in [5.41, 5.74) is 2.47. The van der Waals surface area contributed by atoms with E-state index in [9.17, 15) is 14.7 Å². The third-order valence-electron chi connectivity index (χ3n) is 7.17. The number of aryl methyl sites for hydroxylation is 1. The van der Waals surface area contributed by atoms with Crippen molar-refractivity contribution in [1.82, 2.24) is 5.32 Å². The van der Waals surface area contributed by atoms with Gasteiger partial charge in [-0.3, -0.25) is 4.79 Å². The first-order valence-corrected chi connectivity index (χ1v) is 16.4. The van der Waals surface area contributed by atoms with Crippen LogP contribution in [-0.2, 0) is 26.8 Å². The first-order valence-electron chi connectivity index (χ1n) is 13.5. The lowest BCUT2D eigenvalue weighted by molar-refractivity contribution is -0.142. The Morgan fingerprint density at radius 1 is 0.895 bits per heavy atom. The molecule has 210 valence electrons. The summed E-state index contributed by atoms with van der Waals surface area (Å²) in [6.45, 7) is 18.3. The van der Waals surface area contributed by atoms with Crippen molar-refractivity contribution in [1.29, 1.82) is 0 Å². The Labute approximate surface area is 230 Å². The van der Waals surface area contributed by atoms with Crippen LogP contribution in [0.5, 0.6) is 0 Å². The molecule has 2 aromatic carbocycles. The third-order valence-corrected chi connectivity index (χ3v) is 11.7. The van der Waals surface area contributed by atoms with E-state index in [1.54, 1.807) is 0 Å². The van der Waals surface area contributed by atoms with Crippen LogP contribution in [0.2, 0.25) is 18.1 Å². The molecule has 0 fully saturated rings. The molecule has 0 aliphatic carbocycles. The van der Waals surface area contributed by atoms with Gasteiger partial charge in [0, 0.05) is 0 Å². The van der Waals surface area contributed by atoms with Crippen LogP contribution in [0.3, 0.4) is 0 Å². The Hall–Kier alpha value is -2.64. The molecule has 2 N–H and O–H groups in total. The number of carboxylic acid groups (broad SMARTS) is 1. The highest BCUT2D eigenvalue weighted by Crippen LogP contribution is 2.39. The van der Waals surface area contributed by atoms with E-state index < -0.39 is 44.0 Å². The van der Waals surface area contributed by atoms with Gasteiger partial charge in [0.05, 0.1) is 18.1 Å². The minimum absolute atomic E-state index is 0.0931. The van der Waals surface area contributed by atoms with Gasteiger partial charge in [0.15, 0.2) is 8.32 Å². The van der Waals surface area contributed by atoms with Crippen LogP contribution in [0.1, 0.15) is 64.7 Å². The SMILES string of the molecule is Cc1ccc(CC(CC(O[Si](C)(C)C(C)(C)C)C(Cc2ccccc2)NC(=O)OC(C)(C)C)C(=O)O)cc1. The summed E-state index contributed by atoms with van der Waals surface area (Å²) in [5.74, 6) is -1.55. The van der Waals surface area contributed by atoms with Gasteiger partial charge < -0.3 is 19.6 Å². The lowest BCUT2D eigenvalue weighted by atomic mass is 9.89. The zero-order valence-electron chi connectivity index (χ0n) is 24.6. The number of aliphatic carboxylic acids is 1. The van der Waals surface area contributed by atoms with Gasteiger partial charge in [0.1, 0.15) is 5.60 Å². The summed E-state index contributed by atoms with van der Waals surface area (Å²) in [5, 5.41) is 13.2. The molecule has 0 aromatic heterocycles. The molecule has 2 aromatic rings. The molecule has 0 saturated carbocycles. The molecule has 3 atom stereocenters. The second-order valence-corrected chi connectivity index (χ2v) is 17.6. The maximum atomic E-state index is 13.0. The van der Waals surface area contributed by atoms with E-state index >= 15 is 0 Å². The molecule has 0 aliphatic heterocycles. The molecule has 0 saturated heterocycles. The van der Waals surface area contributed by atoms with Gasteiger partial charge in [-0.25, -0.2) is 4.79 Å². The number of amides is 1. The van der Waals surface area contributed by atoms with E-state index in [0.717, 1.165) is 16.7 Å². The molecule has 0 heterocycles. The van der Waals surface area contributed by atoms with E-state index in [-0.39, 0.29) is 11.5 Å². The van der Waals surface area contributed by atoms with E-state index in [1.165, 1.54) is 0 Å². The topological polar surface area (TPSA) is 84.9 Å². The van der Waals surface area contributed by atoms with Crippen LogP contribution >= 0.6 is 0 Å². The zero-order valence-corrected chi connectivity index (χ0v) is 25.6. The summed E-state index contributed by atoms with van der Waals surface area (Å²) in [6.07, 6.45) is 0.0966. The fourth-order valence-corrected chi connectivity index (χ4v) is 5.38. The zero-order chi connectivity index (χ0) is 28.7. The van der Waals surface area contributed by atoms with Gasteiger partial charge >= 0.3 is 12.1 Å². The van der Waals surface area contributed by atoms with Crippen LogP contribution in [0, 0.1) is 12.8 Å². The Morgan fingerprint density at radius 2 is 1.45 bits per heavy atom. The number of rotatable bonds is 11. The van der Waals surface area contributed by atoms with Crippen molar-refractivity contribution in [3.63, 3.8) is 0 Å². The Bertz CT molecular complexity index is 1040. The number of hydrogen-bond acceptors (Lipinski definition) is 4. The molecule has 2 rings (SSSR count). The first-order chi connectivity index (χ1) is 17.5. The van der Waals surface area contributed by atoms with E-state index in [4.69, 9.17) is 9.16 Å². The fraction of sp³-hybridized carbons (Fsp3) is 0.548. The highest BCUT2D eigenvalue weighted by Gasteiger charge is 2.42. The van der Waals surface area contributed by atoms with Crippen molar-refractivity contribution >= 4 is 20.4 Å². The predicted octanol–water partition coefficient (Wildman–Crippen LogP) is 7.15. The highest BCUT2D eigenvalue weighted by atomic mass is 28.4. The molecule has 1 amide bonds. The van der Waals surface area contributed by atoms with Crippen molar-refractivity contribution in [3.8, 4) is 0 Å². The van der Waals surface area contributed by atoms with Crippen LogP contribution in [-0.4, -0.2) is 43.2 Å². The molecule has 0 aliphatic rings. The Balaban J connectivity index is 2.47. The van der Waals surface area contributed by atoms with E-state index in [0.29, 0.717) is 12.8 Å². The smallest absolute Gasteiger partial charge is 0.407 e. The van der Waals surface area contributed by atoms with Crippen molar-refractivity contribution in [2.75, 3.05) is 0 Å². The van der Waals surface area contributed by atoms with Crippen molar-refractivity contribution in [2.24, 2.45) is 5.92 Å². The summed E-state index contributed by atoms with van der Waals surface area (Å²) in [7, 11) is -2.33. The average molecular weight is 542 g/mol. The summed E-state index contributed by atoms with van der Waals surface area (Å²) in [6, 6.07) is 17.4. The van der Waals surface area contributed by atoms with Crippen molar-refractivity contribution in [2.45, 2.75) is 104 Å². The summed E-state index contributed by atoms with van der Waals surface area (Å²) < 4.78 is 12.5. The number of alkyl carbamates (subject to hydrolysis) is 1. The molecule has 0 radical (unpaired) electrons. The minimum atomic E-state index is -2.33. The maximum absolute atomic E-state index is 13.0. The van der Waals surface area contributed by atoms with Gasteiger partial charge in [-0.2, -0.15) is 0 Å². The highest BCUT2D eigenvalue weighted by molar-refractivity contribution is 6.74. The predicted molar refractivity (Wildman–Crippen MR) is 156 cm³/mol. The van der Waals surface area contributed by atoms with Gasteiger partial charge in [-0.15, -0.1) is 0 Å². The second kappa shape index (κ2) is 12.9. The van der Waals surface area contributed by atoms with Crippen molar-refractivity contribution in [3.05, 3.63) is 71.3 Å². The molecule has 3 unspecified atom stereocenters. The average Bonchev–Trinajstić information content (AvgIpc) is 2.77. The fourth-order valence-electron chi connectivity index (χ4n) is 4.01. The van der Waals surface area contributed by atoms with Gasteiger partial charge in [-0.1, -0.05) is 80.9 Å². The minimum Gasteiger partial charge on any atom is -0.481 e. The molecular formula is C31H47NO5Si. The number of ether oxygens (including phenoxy) is 1. The second-order valence-electron chi connectivity index (χ2n) is 12.8. The molecule has 0 spiro atoms. The standard InChI is InChI=1S/C31H47NO5Si/c1-22-15-17-24(18-16-22)19-25(28(33)34)21-27(37-38(8,9)31(5,6)7)26(20-23-13-11-10-12-14-23)32-29(35)36-30(2,3)4/h10-18,25-27H,19-21H2,1-9H3,(H,32,35)(H,33,34). The molecule has 38 heavy (non-hydrogen) atoms. The largest absolute Gasteiger partial charge is 0.481 e. The van der Waals surface area contributed by atoms with E-state index in [1.807, 2.05) is 82.3 Å². The quantitative estimate of drug-likeness (QED) is 0.295. The lowest BCUT2D eigenvalue weighted by Gasteiger charge is -2.42. The molecule has 6 nitrogen and oxygen atoms in total. The summed E-state index contributed by atoms with van der Waals surface area (Å²) in [4.78, 5) is 25.5. The monoisotopic (exact) mass is 541 g/mol. The van der Waals surface area contributed by atoms with Crippen LogP contribution in [0.25, 0.3) is 0 Å². The Kier molecular flexibility index (Phi) is 10.8. The normalized spacial score (nSPS) is 14.9. The van der Waals surface area contributed by atoms with Crippen LogP contribution in [0.15, 0.2) is 54.6 Å². The van der Waals surface area contributed by atoms with Crippen LogP contribution in [0.4, 0.5) is 4.79 Å². The Morgan fingerprint density at radius 3 is 1.95 bits per heavy atom. The van der Waals surface area contributed by atoms with Crippen molar-refractivity contribution < 1.29 is 23.9 Å². The number of benzene rings is 2. The lowest BCUT2D eigenvalue weighted by Crippen LogP contribution is -2.54. The molecule has 0 bridgehead atoms. The third kappa shape index (κ3) is 10.3. The number of carbonyl (C=O) groups excluding carboxylic acids is 1. The number of carboxylic acids is 1. The number of carbonyl (C=O) groups is 2. The van der Waals surface area contributed by atoms with Gasteiger partial charge in [-0.05, 0) is 76.2 Å². The molecule has 7 heteroatoms. The number of hydrogen-bond donors (Lipinski definition) is 2. The van der Waals surface area contributed by atoms with Gasteiger partial charge in [0.25, 0.3) is 0 Å². The first kappa shape index (κ1) is 31.6. The summed E-state index contributed by atoms with van der Waals surface area (Å²) >= 11 is 0. The van der Waals surface area contributed by atoms with Crippen LogP contribution < -0.4 is 5.32 Å². The number of nitrogens with one attached hydrogen (secondary N) is 1. The van der Waals surface area contributed by atoms with E-state index in [2.05, 4.69) is 39.2 Å². The molecular weight excluding hydrogens is 494 g/mol. The van der Waals surface area contributed by atoms with Gasteiger partial charge in [0.2, 0.25) is 0 Å².